The first-order valence-corrected chi connectivity index (χ1v) is 9.36. The van der Waals surface area contributed by atoms with Gasteiger partial charge >= 0.3 is 0 Å². The number of rotatable bonds is 3. The molecule has 0 spiro atoms. The second-order valence-corrected chi connectivity index (χ2v) is 7.60. The molecular weight excluding hydrogens is 324 g/mol. The quantitative estimate of drug-likeness (QED) is 0.866. The normalized spacial score (nSPS) is 18.8. The van der Waals surface area contributed by atoms with Crippen molar-refractivity contribution in [3.05, 3.63) is 58.9 Å². The van der Waals surface area contributed by atoms with E-state index in [9.17, 15) is 4.79 Å². The van der Waals surface area contributed by atoms with Gasteiger partial charge < -0.3 is 10.2 Å². The molecule has 1 aromatic carbocycles. The average Bonchev–Trinajstić information content (AvgIpc) is 3.01. The highest BCUT2D eigenvalue weighted by molar-refractivity contribution is 5.87. The molecule has 5 nitrogen and oxygen atoms in total. The Morgan fingerprint density at radius 2 is 2.23 bits per heavy atom. The molecule has 0 aliphatic carbocycles. The van der Waals surface area contributed by atoms with Crippen LogP contribution in [0.4, 0.5) is 0 Å². The molecular formula is C21H26N4O. The van der Waals surface area contributed by atoms with Crippen LogP contribution in [0, 0.1) is 6.92 Å². The molecule has 0 radical (unpaired) electrons. The van der Waals surface area contributed by atoms with Crippen LogP contribution in [-0.4, -0.2) is 33.7 Å². The van der Waals surface area contributed by atoms with E-state index in [4.69, 9.17) is 5.10 Å². The average molecular weight is 350 g/mol. The molecule has 2 aliphatic rings. The Morgan fingerprint density at radius 3 is 2.92 bits per heavy atom. The fourth-order valence-corrected chi connectivity index (χ4v) is 4.14. The van der Waals surface area contributed by atoms with Gasteiger partial charge in [-0.05, 0) is 36.1 Å². The van der Waals surface area contributed by atoms with Crippen molar-refractivity contribution >= 4 is 5.91 Å². The van der Waals surface area contributed by atoms with Crippen molar-refractivity contribution in [2.24, 2.45) is 0 Å². The molecule has 1 unspecified atom stereocenters. The van der Waals surface area contributed by atoms with Gasteiger partial charge in [-0.3, -0.25) is 4.79 Å². The molecule has 1 N–H and O–H groups in total. The molecule has 26 heavy (non-hydrogen) atoms. The zero-order valence-electron chi connectivity index (χ0n) is 15.7. The van der Waals surface area contributed by atoms with Gasteiger partial charge in [0.25, 0.3) is 0 Å². The molecule has 1 amide bonds. The first-order chi connectivity index (χ1) is 12.5. The summed E-state index contributed by atoms with van der Waals surface area (Å²) in [6, 6.07) is 6.81. The van der Waals surface area contributed by atoms with Gasteiger partial charge in [-0.25, -0.2) is 4.68 Å². The van der Waals surface area contributed by atoms with Gasteiger partial charge in [-0.1, -0.05) is 32.6 Å². The highest BCUT2D eigenvalue weighted by atomic mass is 16.2. The minimum atomic E-state index is -0.0309. The monoisotopic (exact) mass is 350 g/mol. The summed E-state index contributed by atoms with van der Waals surface area (Å²) in [5, 5.41) is 8.48. The number of benzene rings is 1. The SMILES string of the molecule is C=CC(=O)N1Cc2nn(-c3ccc(C(C)C)cc3C)c3c2C(C1)NCC3. The zero-order valence-corrected chi connectivity index (χ0v) is 15.7. The lowest BCUT2D eigenvalue weighted by atomic mass is 9.94. The van der Waals surface area contributed by atoms with E-state index >= 15 is 0 Å². The van der Waals surface area contributed by atoms with Gasteiger partial charge in [0.1, 0.15) is 0 Å². The molecule has 0 saturated carbocycles. The van der Waals surface area contributed by atoms with Crippen LogP contribution in [-0.2, 0) is 17.8 Å². The number of nitrogens with zero attached hydrogens (tertiary/aromatic N) is 3. The fourth-order valence-electron chi connectivity index (χ4n) is 4.14. The van der Waals surface area contributed by atoms with E-state index in [-0.39, 0.29) is 11.9 Å². The van der Waals surface area contributed by atoms with E-state index in [2.05, 4.69) is 55.5 Å². The van der Waals surface area contributed by atoms with Crippen LogP contribution in [0.5, 0.6) is 0 Å². The maximum absolute atomic E-state index is 12.1. The van der Waals surface area contributed by atoms with Crippen LogP contribution >= 0.6 is 0 Å². The summed E-state index contributed by atoms with van der Waals surface area (Å²) in [4.78, 5) is 13.9. The number of aryl methyl sites for hydroxylation is 1. The zero-order chi connectivity index (χ0) is 18.4. The number of nitrogens with one attached hydrogen (secondary N) is 1. The van der Waals surface area contributed by atoms with Crippen LogP contribution in [0.25, 0.3) is 5.69 Å². The molecule has 3 heterocycles. The number of carbonyl (C=O) groups is 1. The Morgan fingerprint density at radius 1 is 1.42 bits per heavy atom. The second-order valence-electron chi connectivity index (χ2n) is 7.60. The maximum atomic E-state index is 12.1. The Kier molecular flexibility index (Phi) is 4.19. The van der Waals surface area contributed by atoms with E-state index in [1.807, 2.05) is 4.90 Å². The summed E-state index contributed by atoms with van der Waals surface area (Å²) >= 11 is 0. The van der Waals surface area contributed by atoms with Crippen LogP contribution in [0.15, 0.2) is 30.9 Å². The highest BCUT2D eigenvalue weighted by Crippen LogP contribution is 2.34. The summed E-state index contributed by atoms with van der Waals surface area (Å²) in [7, 11) is 0. The first-order valence-electron chi connectivity index (χ1n) is 9.36. The van der Waals surface area contributed by atoms with Gasteiger partial charge in [-0.2, -0.15) is 5.10 Å². The molecule has 1 atom stereocenters. The number of hydrogen-bond donors (Lipinski definition) is 1. The van der Waals surface area contributed by atoms with Crippen molar-refractivity contribution in [3.63, 3.8) is 0 Å². The lowest BCUT2D eigenvalue weighted by molar-refractivity contribution is -0.127. The summed E-state index contributed by atoms with van der Waals surface area (Å²) in [6.07, 6.45) is 2.35. The van der Waals surface area contributed by atoms with Crippen molar-refractivity contribution in [1.29, 1.82) is 0 Å². The smallest absolute Gasteiger partial charge is 0.246 e. The van der Waals surface area contributed by atoms with Crippen LogP contribution in [0.1, 0.15) is 53.9 Å². The van der Waals surface area contributed by atoms with Crippen molar-refractivity contribution in [1.82, 2.24) is 20.0 Å². The molecule has 136 valence electrons. The Labute approximate surface area is 154 Å². The summed E-state index contributed by atoms with van der Waals surface area (Å²) in [5.41, 5.74) is 7.30. The van der Waals surface area contributed by atoms with Crippen molar-refractivity contribution in [2.45, 2.75) is 45.7 Å². The number of amides is 1. The Bertz CT molecular complexity index is 880. The van der Waals surface area contributed by atoms with Gasteiger partial charge in [-0.15, -0.1) is 0 Å². The molecule has 1 aromatic heterocycles. The van der Waals surface area contributed by atoms with Gasteiger partial charge in [0.15, 0.2) is 0 Å². The van der Waals surface area contributed by atoms with Crippen molar-refractivity contribution in [3.8, 4) is 5.69 Å². The summed E-state index contributed by atoms with van der Waals surface area (Å²) in [6.45, 7) is 12.4. The molecule has 0 fully saturated rings. The first kappa shape index (κ1) is 17.0. The van der Waals surface area contributed by atoms with Crippen LogP contribution in [0.3, 0.4) is 0 Å². The second kappa shape index (κ2) is 6.40. The predicted octanol–water partition coefficient (Wildman–Crippen LogP) is 3.02. The van der Waals surface area contributed by atoms with E-state index in [1.165, 1.54) is 28.5 Å². The third-order valence-electron chi connectivity index (χ3n) is 5.54. The lowest BCUT2D eigenvalue weighted by Crippen LogP contribution is -2.44. The Balaban J connectivity index is 1.79. The third kappa shape index (κ3) is 2.67. The minimum absolute atomic E-state index is 0.0309. The molecule has 2 aromatic rings. The minimum Gasteiger partial charge on any atom is -0.331 e. The van der Waals surface area contributed by atoms with Crippen molar-refractivity contribution in [2.75, 3.05) is 13.1 Å². The van der Waals surface area contributed by atoms with E-state index < -0.39 is 0 Å². The Hall–Kier alpha value is -2.40. The van der Waals surface area contributed by atoms with Gasteiger partial charge in [0.2, 0.25) is 5.91 Å². The third-order valence-corrected chi connectivity index (χ3v) is 5.54. The van der Waals surface area contributed by atoms with E-state index in [0.717, 1.165) is 24.3 Å². The van der Waals surface area contributed by atoms with Gasteiger partial charge in [0, 0.05) is 25.1 Å². The van der Waals surface area contributed by atoms with Crippen LogP contribution in [0.2, 0.25) is 0 Å². The standard InChI is InChI=1S/C21H26N4O/c1-5-20(26)24-11-16-21-17(12-24)23-25(19(21)8-9-22-16)18-7-6-15(13(2)3)10-14(18)4/h5-7,10,13,16,22H,1,8-9,11-12H2,2-4H3. The topological polar surface area (TPSA) is 50.2 Å². The summed E-state index contributed by atoms with van der Waals surface area (Å²) in [5.74, 6) is 0.482. The molecule has 0 bridgehead atoms. The predicted molar refractivity (Wildman–Crippen MR) is 102 cm³/mol. The number of aromatic nitrogens is 2. The molecule has 2 aliphatic heterocycles. The number of hydrogen-bond acceptors (Lipinski definition) is 3. The lowest BCUT2D eigenvalue weighted by Gasteiger charge is -2.34. The van der Waals surface area contributed by atoms with Crippen molar-refractivity contribution < 1.29 is 4.79 Å². The largest absolute Gasteiger partial charge is 0.331 e. The van der Waals surface area contributed by atoms with Gasteiger partial charge in [0.05, 0.1) is 29.7 Å². The molecule has 5 heteroatoms. The summed E-state index contributed by atoms with van der Waals surface area (Å²) < 4.78 is 2.11. The molecule has 4 rings (SSSR count). The molecule has 0 saturated heterocycles. The highest BCUT2D eigenvalue weighted by Gasteiger charge is 2.35. The van der Waals surface area contributed by atoms with Crippen LogP contribution < -0.4 is 5.32 Å². The number of carbonyl (C=O) groups excluding carboxylic acids is 1. The van der Waals surface area contributed by atoms with E-state index in [1.54, 1.807) is 0 Å². The van der Waals surface area contributed by atoms with E-state index in [0.29, 0.717) is 19.0 Å². The fraction of sp³-hybridized carbons (Fsp3) is 0.429. The maximum Gasteiger partial charge on any atom is 0.246 e.